The zero-order chi connectivity index (χ0) is 12.4. The minimum atomic E-state index is 0.940. The van der Waals surface area contributed by atoms with Gasteiger partial charge in [-0.05, 0) is 48.6 Å². The fraction of sp³-hybridized carbons (Fsp3) is 0.333. The summed E-state index contributed by atoms with van der Waals surface area (Å²) in [5.74, 6) is 0. The lowest BCUT2D eigenvalue weighted by molar-refractivity contribution is 0.700. The van der Waals surface area contributed by atoms with Gasteiger partial charge in [0.15, 0.2) is 0 Å². The third kappa shape index (κ3) is 2.85. The Morgan fingerprint density at radius 3 is 2.72 bits per heavy atom. The van der Waals surface area contributed by atoms with Crippen LogP contribution in [0, 0.1) is 0 Å². The molecule has 0 saturated carbocycles. The van der Waals surface area contributed by atoms with E-state index in [0.717, 1.165) is 17.6 Å². The third-order valence-electron chi connectivity index (χ3n) is 3.34. The van der Waals surface area contributed by atoms with Crippen LogP contribution in [0.25, 0.3) is 0 Å². The molecule has 3 heteroatoms. The Kier molecular flexibility index (Phi) is 3.83. The first kappa shape index (κ1) is 12.4. The van der Waals surface area contributed by atoms with Gasteiger partial charge in [-0.2, -0.15) is 0 Å². The average molecular weight is 322 g/mol. The molecule has 1 aromatic carbocycles. The number of halogens is 1. The summed E-state index contributed by atoms with van der Waals surface area (Å²) in [6.07, 6.45) is 3.94. The number of thiophene rings is 1. The van der Waals surface area contributed by atoms with Crippen LogP contribution in [0.15, 0.2) is 34.8 Å². The summed E-state index contributed by atoms with van der Waals surface area (Å²) >= 11 is 5.45. The molecule has 1 heterocycles. The molecule has 0 amide bonds. The van der Waals surface area contributed by atoms with Crippen LogP contribution < -0.4 is 5.32 Å². The summed E-state index contributed by atoms with van der Waals surface area (Å²) in [7, 11) is 0. The van der Waals surface area contributed by atoms with Crippen LogP contribution >= 0.6 is 27.3 Å². The van der Waals surface area contributed by atoms with Crippen molar-refractivity contribution >= 4 is 27.3 Å². The highest BCUT2D eigenvalue weighted by Gasteiger charge is 2.14. The summed E-state index contributed by atoms with van der Waals surface area (Å²) in [5.41, 5.74) is 2.93. The van der Waals surface area contributed by atoms with Crippen molar-refractivity contribution in [1.82, 2.24) is 5.32 Å². The zero-order valence-corrected chi connectivity index (χ0v) is 12.6. The van der Waals surface area contributed by atoms with Crippen LogP contribution in [-0.2, 0) is 25.9 Å². The maximum absolute atomic E-state index is 3.52. The highest BCUT2D eigenvalue weighted by molar-refractivity contribution is 9.10. The molecule has 3 rings (SSSR count). The van der Waals surface area contributed by atoms with Crippen molar-refractivity contribution < 1.29 is 0 Å². The zero-order valence-electron chi connectivity index (χ0n) is 10.2. The van der Waals surface area contributed by atoms with Gasteiger partial charge in [0.05, 0.1) is 0 Å². The molecule has 1 aromatic heterocycles. The molecule has 0 atom stereocenters. The first-order chi connectivity index (χ1) is 8.81. The van der Waals surface area contributed by atoms with Crippen molar-refractivity contribution in [2.45, 2.75) is 32.4 Å². The molecule has 0 bridgehead atoms. The molecule has 0 saturated heterocycles. The van der Waals surface area contributed by atoms with E-state index in [1.807, 2.05) is 11.3 Å². The van der Waals surface area contributed by atoms with Gasteiger partial charge >= 0.3 is 0 Å². The Labute approximate surface area is 120 Å². The highest BCUT2D eigenvalue weighted by atomic mass is 79.9. The van der Waals surface area contributed by atoms with E-state index in [1.54, 1.807) is 10.4 Å². The maximum atomic E-state index is 3.52. The minimum Gasteiger partial charge on any atom is -0.308 e. The number of rotatable bonds is 4. The van der Waals surface area contributed by atoms with Crippen LogP contribution in [0.5, 0.6) is 0 Å². The molecule has 0 spiro atoms. The van der Waals surface area contributed by atoms with E-state index in [2.05, 4.69) is 51.6 Å². The minimum absolute atomic E-state index is 0.940. The van der Waals surface area contributed by atoms with Crippen molar-refractivity contribution in [1.29, 1.82) is 0 Å². The smallest absolute Gasteiger partial charge is 0.0303 e. The number of aryl methyl sites for hydroxylation is 2. The van der Waals surface area contributed by atoms with Crippen LogP contribution in [-0.4, -0.2) is 0 Å². The quantitative estimate of drug-likeness (QED) is 0.885. The monoisotopic (exact) mass is 321 g/mol. The number of fused-ring (bicyclic) bond motifs is 1. The number of hydrogen-bond donors (Lipinski definition) is 1. The van der Waals surface area contributed by atoms with Crippen LogP contribution in [0.1, 0.15) is 27.3 Å². The van der Waals surface area contributed by atoms with E-state index >= 15 is 0 Å². The third-order valence-corrected chi connectivity index (χ3v) is 5.10. The largest absolute Gasteiger partial charge is 0.308 e. The molecule has 0 aliphatic heterocycles. The van der Waals surface area contributed by atoms with Gasteiger partial charge < -0.3 is 5.32 Å². The van der Waals surface area contributed by atoms with Crippen molar-refractivity contribution in [2.75, 3.05) is 0 Å². The lowest BCUT2D eigenvalue weighted by atomic mass is 10.2. The summed E-state index contributed by atoms with van der Waals surface area (Å²) in [4.78, 5) is 3.10. The molecule has 1 aliphatic rings. The van der Waals surface area contributed by atoms with Gasteiger partial charge in [0, 0.05) is 27.3 Å². The first-order valence-electron chi connectivity index (χ1n) is 6.37. The van der Waals surface area contributed by atoms with Crippen molar-refractivity contribution in [2.24, 2.45) is 0 Å². The van der Waals surface area contributed by atoms with E-state index in [4.69, 9.17) is 0 Å². The Balaban J connectivity index is 1.53. The molecular formula is C15H16BrNS. The van der Waals surface area contributed by atoms with Gasteiger partial charge in [0.25, 0.3) is 0 Å². The van der Waals surface area contributed by atoms with Crippen molar-refractivity contribution in [3.8, 4) is 0 Å². The predicted molar refractivity (Wildman–Crippen MR) is 81.0 cm³/mol. The number of nitrogens with one attached hydrogen (secondary N) is 1. The van der Waals surface area contributed by atoms with E-state index in [0.29, 0.717) is 0 Å². The Bertz CT molecular complexity index is 508. The first-order valence-corrected chi connectivity index (χ1v) is 7.98. The molecule has 0 unspecified atom stereocenters. The van der Waals surface area contributed by atoms with E-state index in [1.165, 1.54) is 29.7 Å². The molecule has 1 nitrogen and oxygen atoms in total. The van der Waals surface area contributed by atoms with Crippen LogP contribution in [0.4, 0.5) is 0 Å². The van der Waals surface area contributed by atoms with Crippen molar-refractivity contribution in [3.63, 3.8) is 0 Å². The Morgan fingerprint density at radius 2 is 1.94 bits per heavy atom. The summed E-state index contributed by atoms with van der Waals surface area (Å²) in [6.45, 7) is 1.93. The van der Waals surface area contributed by atoms with Gasteiger partial charge in [-0.25, -0.2) is 0 Å². The molecule has 0 radical (unpaired) electrons. The van der Waals surface area contributed by atoms with Crippen molar-refractivity contribution in [3.05, 3.63) is 55.7 Å². The lowest BCUT2D eigenvalue weighted by Gasteiger charge is -2.03. The molecular weight excluding hydrogens is 306 g/mol. The van der Waals surface area contributed by atoms with Gasteiger partial charge in [0.2, 0.25) is 0 Å². The topological polar surface area (TPSA) is 12.0 Å². The molecule has 2 aromatic rings. The summed E-state index contributed by atoms with van der Waals surface area (Å²) < 4.78 is 1.14. The maximum Gasteiger partial charge on any atom is 0.0303 e. The second kappa shape index (κ2) is 5.55. The van der Waals surface area contributed by atoms with E-state index < -0.39 is 0 Å². The average Bonchev–Trinajstić information content (AvgIpc) is 2.92. The SMILES string of the molecule is Brc1ccc(CNCc2cc3c(s2)CCC3)cc1. The second-order valence-corrected chi connectivity index (χ2v) is 6.88. The predicted octanol–water partition coefficient (Wildman–Crippen LogP) is 4.29. The standard InChI is InChI=1S/C15H16BrNS/c16-13-6-4-11(5-7-13)9-17-10-14-8-12-2-1-3-15(12)18-14/h4-8,17H,1-3,9-10H2. The van der Waals surface area contributed by atoms with Gasteiger partial charge in [-0.15, -0.1) is 11.3 Å². The fourth-order valence-electron chi connectivity index (χ4n) is 2.41. The van der Waals surface area contributed by atoms with E-state index in [9.17, 15) is 0 Å². The molecule has 1 aliphatic carbocycles. The normalized spacial score (nSPS) is 13.8. The lowest BCUT2D eigenvalue weighted by Crippen LogP contribution is -2.11. The molecule has 1 N–H and O–H groups in total. The Hall–Kier alpha value is -0.640. The summed E-state index contributed by atoms with van der Waals surface area (Å²) in [5, 5.41) is 3.52. The number of benzene rings is 1. The van der Waals surface area contributed by atoms with Gasteiger partial charge in [-0.1, -0.05) is 28.1 Å². The molecule has 18 heavy (non-hydrogen) atoms. The second-order valence-electron chi connectivity index (χ2n) is 4.74. The number of hydrogen-bond acceptors (Lipinski definition) is 2. The fourth-order valence-corrected chi connectivity index (χ4v) is 3.90. The Morgan fingerprint density at radius 1 is 1.11 bits per heavy atom. The van der Waals surface area contributed by atoms with Crippen LogP contribution in [0.3, 0.4) is 0 Å². The molecule has 94 valence electrons. The molecule has 0 fully saturated rings. The van der Waals surface area contributed by atoms with Crippen LogP contribution in [0.2, 0.25) is 0 Å². The summed E-state index contributed by atoms with van der Waals surface area (Å²) in [6, 6.07) is 10.9. The van der Waals surface area contributed by atoms with Gasteiger partial charge in [0.1, 0.15) is 0 Å². The highest BCUT2D eigenvalue weighted by Crippen LogP contribution is 2.30. The van der Waals surface area contributed by atoms with E-state index in [-0.39, 0.29) is 0 Å². The van der Waals surface area contributed by atoms with Gasteiger partial charge in [-0.3, -0.25) is 0 Å².